The van der Waals surface area contributed by atoms with Crippen LogP contribution in [0.1, 0.15) is 0 Å². The Bertz CT molecular complexity index is 1700. The second kappa shape index (κ2) is 26.2. The monoisotopic (exact) mass is 910 g/mol. The Hall–Kier alpha value is -3.86. The van der Waals surface area contributed by atoms with Crippen LogP contribution < -0.4 is 42.4 Å². The van der Waals surface area contributed by atoms with Gasteiger partial charge < -0.3 is 0 Å². The van der Waals surface area contributed by atoms with Gasteiger partial charge in [-0.05, 0) is 97.1 Å². The zero-order valence-electron chi connectivity index (χ0n) is 33.4. The number of benzene rings is 8. The molecule has 0 heterocycles. The van der Waals surface area contributed by atoms with Crippen LogP contribution in [0.5, 0.6) is 0 Å². The zero-order valence-corrected chi connectivity index (χ0v) is 39.0. The molecule has 0 amide bonds. The van der Waals surface area contributed by atoms with Gasteiger partial charge in [0.25, 0.3) is 0 Å². The summed E-state index contributed by atoms with van der Waals surface area (Å²) in [6.07, 6.45) is 0. The number of hydrogen-bond acceptors (Lipinski definition) is 0. The minimum atomic E-state index is -0.545. The Morgan fingerprint density at radius 3 is 0.351 bits per heavy atom. The summed E-state index contributed by atoms with van der Waals surface area (Å²) in [6.45, 7) is 9.37. The minimum absolute atomic E-state index is 0. The SMILES string of the molecule is C[PH+](c1ccccc1)c1ccccc1.C[PH+](c1ccccc1)c1ccccc1.C[PH+](c1ccccc1)c1ccccc1.C[PH+](c1ccccc1)c1ccccc1.[Pd]. The van der Waals surface area contributed by atoms with Gasteiger partial charge in [-0.1, -0.05) is 146 Å². The largest absolute Gasteiger partial charge is 0.0964 e. The molecule has 0 fully saturated rings. The third-order valence-corrected chi connectivity index (χ3v) is 19.2. The second-order valence-electron chi connectivity index (χ2n) is 13.4. The second-order valence-corrected chi connectivity index (χ2v) is 23.0. The Morgan fingerprint density at radius 2 is 0.263 bits per heavy atom. The molecular weight excluding hydrogens is 855 g/mol. The van der Waals surface area contributed by atoms with Gasteiger partial charge in [-0.3, -0.25) is 0 Å². The summed E-state index contributed by atoms with van der Waals surface area (Å²) < 4.78 is 0. The van der Waals surface area contributed by atoms with Crippen molar-refractivity contribution >= 4 is 74.1 Å². The molecule has 0 saturated carbocycles. The first kappa shape index (κ1) is 45.8. The van der Waals surface area contributed by atoms with E-state index in [2.05, 4.69) is 269 Å². The smallest absolute Gasteiger partial charge is 0.0620 e. The van der Waals surface area contributed by atoms with Crippen LogP contribution in [0.3, 0.4) is 0 Å². The fraction of sp³-hybridized carbons (Fsp3) is 0.0769. The van der Waals surface area contributed by atoms with Gasteiger partial charge >= 0.3 is 0 Å². The summed E-state index contributed by atoms with van der Waals surface area (Å²) in [6, 6.07) is 86.0. The molecule has 8 aromatic rings. The van der Waals surface area contributed by atoms with Crippen molar-refractivity contribution in [1.29, 1.82) is 0 Å². The molecule has 0 aromatic heterocycles. The molecule has 0 aliphatic carbocycles. The van der Waals surface area contributed by atoms with Crippen molar-refractivity contribution in [2.45, 2.75) is 0 Å². The molecule has 57 heavy (non-hydrogen) atoms. The van der Waals surface area contributed by atoms with Gasteiger partial charge in [0.1, 0.15) is 0 Å². The standard InChI is InChI=1S/4C13H13P.Pd/c4*1-14(12-8-4-2-5-9-12)13-10-6-3-7-11-13;/h4*2-11H,1H3;/p+4. The number of rotatable bonds is 8. The van der Waals surface area contributed by atoms with E-state index in [-0.39, 0.29) is 20.4 Å². The molecule has 5 heteroatoms. The Morgan fingerprint density at radius 1 is 0.175 bits per heavy atom. The third-order valence-electron chi connectivity index (χ3n) is 9.65. The van der Waals surface area contributed by atoms with Gasteiger partial charge in [-0.25, -0.2) is 0 Å². The fourth-order valence-corrected chi connectivity index (χ4v) is 13.0. The molecule has 0 unspecified atom stereocenters. The molecule has 290 valence electrons. The molecule has 0 bridgehead atoms. The normalized spacial score (nSPS) is 10.2. The zero-order chi connectivity index (χ0) is 39.2. The van der Waals surface area contributed by atoms with E-state index < -0.39 is 31.7 Å². The molecular formula is C52H56P4Pd+4. The molecule has 0 atom stereocenters. The summed E-state index contributed by atoms with van der Waals surface area (Å²) in [7, 11) is -2.18. The van der Waals surface area contributed by atoms with E-state index in [4.69, 9.17) is 0 Å². The summed E-state index contributed by atoms with van der Waals surface area (Å²) >= 11 is 0. The minimum Gasteiger partial charge on any atom is -0.0620 e. The molecule has 0 nitrogen and oxygen atoms in total. The summed E-state index contributed by atoms with van der Waals surface area (Å²) in [4.78, 5) is 0. The van der Waals surface area contributed by atoms with Crippen LogP contribution in [-0.4, -0.2) is 26.7 Å². The van der Waals surface area contributed by atoms with E-state index in [9.17, 15) is 0 Å². The van der Waals surface area contributed by atoms with Crippen molar-refractivity contribution in [3.05, 3.63) is 243 Å². The fourth-order valence-electron chi connectivity index (χ4n) is 6.17. The molecule has 0 N–H and O–H groups in total. The van der Waals surface area contributed by atoms with Crippen molar-refractivity contribution in [3.63, 3.8) is 0 Å². The first-order valence-corrected chi connectivity index (χ1v) is 27.3. The maximum Gasteiger partial charge on any atom is 0.0964 e. The maximum atomic E-state index is 2.34. The van der Waals surface area contributed by atoms with Gasteiger partial charge in [-0.2, -0.15) is 0 Å². The third kappa shape index (κ3) is 15.4. The summed E-state index contributed by atoms with van der Waals surface area (Å²) in [5, 5.41) is 11.8. The molecule has 8 rings (SSSR count). The average Bonchev–Trinajstić information content (AvgIpc) is 3.31. The molecule has 0 aliphatic heterocycles. The first-order chi connectivity index (χ1) is 27.5. The topological polar surface area (TPSA) is 0 Å². The van der Waals surface area contributed by atoms with E-state index in [0.717, 1.165) is 0 Å². The van der Waals surface area contributed by atoms with Crippen molar-refractivity contribution in [2.75, 3.05) is 26.7 Å². The quantitative estimate of drug-likeness (QED) is 0.105. The van der Waals surface area contributed by atoms with Crippen LogP contribution >= 0.6 is 31.7 Å². The maximum absolute atomic E-state index is 2.34. The summed E-state index contributed by atoms with van der Waals surface area (Å²) in [5.41, 5.74) is 0. The average molecular weight is 911 g/mol. The number of hydrogen-bond donors (Lipinski definition) is 0. The van der Waals surface area contributed by atoms with E-state index >= 15 is 0 Å². The molecule has 0 saturated heterocycles. The molecule has 0 spiro atoms. The van der Waals surface area contributed by atoms with Crippen LogP contribution in [0.25, 0.3) is 0 Å². The van der Waals surface area contributed by atoms with Crippen LogP contribution in [0, 0.1) is 0 Å². The van der Waals surface area contributed by atoms with Crippen LogP contribution in [-0.2, 0) is 20.4 Å². The van der Waals surface area contributed by atoms with Crippen molar-refractivity contribution in [1.82, 2.24) is 0 Å². The van der Waals surface area contributed by atoms with Crippen molar-refractivity contribution in [3.8, 4) is 0 Å². The first-order valence-electron chi connectivity index (χ1n) is 19.3. The van der Waals surface area contributed by atoms with Crippen molar-refractivity contribution < 1.29 is 20.4 Å². The van der Waals surface area contributed by atoms with Crippen molar-refractivity contribution in [2.24, 2.45) is 0 Å². The van der Waals surface area contributed by atoms with Crippen LogP contribution in [0.15, 0.2) is 243 Å². The van der Waals surface area contributed by atoms with Crippen LogP contribution in [0.2, 0.25) is 0 Å². The molecule has 0 radical (unpaired) electrons. The predicted molar refractivity (Wildman–Crippen MR) is 266 cm³/mol. The predicted octanol–water partition coefficient (Wildman–Crippen LogP) is 9.92. The van der Waals surface area contributed by atoms with Crippen LogP contribution in [0.4, 0.5) is 0 Å². The summed E-state index contributed by atoms with van der Waals surface area (Å²) in [5.74, 6) is 0. The van der Waals surface area contributed by atoms with E-state index in [1.807, 2.05) is 0 Å². The van der Waals surface area contributed by atoms with Gasteiger partial charge in [0, 0.05) is 20.4 Å². The Labute approximate surface area is 361 Å². The Balaban J connectivity index is 0.000000167. The van der Waals surface area contributed by atoms with Gasteiger partial charge in [0.2, 0.25) is 0 Å². The van der Waals surface area contributed by atoms with Gasteiger partial charge in [0.05, 0.1) is 101 Å². The van der Waals surface area contributed by atoms with Gasteiger partial charge in [-0.15, -0.1) is 0 Å². The van der Waals surface area contributed by atoms with E-state index in [0.29, 0.717) is 0 Å². The van der Waals surface area contributed by atoms with E-state index in [1.54, 1.807) is 0 Å². The van der Waals surface area contributed by atoms with E-state index in [1.165, 1.54) is 42.4 Å². The Kier molecular flexibility index (Phi) is 21.1. The van der Waals surface area contributed by atoms with Gasteiger partial charge in [0.15, 0.2) is 0 Å². The molecule has 8 aromatic carbocycles. The molecule has 0 aliphatic rings.